The van der Waals surface area contributed by atoms with Gasteiger partial charge in [0.05, 0.1) is 48.4 Å². The monoisotopic (exact) mass is 1060 g/mol. The number of hydrogen-bond donors (Lipinski definition) is 2. The number of carbonyl (C=O) groups excluding carboxylic acids is 3. The molecule has 2 aliphatic carbocycles. The number of allylic oxidation sites excluding steroid dienone is 2. The second-order valence-corrected chi connectivity index (χ2v) is 18.9. The van der Waals surface area contributed by atoms with Crippen molar-refractivity contribution in [2.45, 2.75) is 90.9 Å². The summed E-state index contributed by atoms with van der Waals surface area (Å²) in [6, 6.07) is -2.62. The molecule has 5 rings (SSSR count). The number of nitrogens with zero attached hydrogens (tertiary/aromatic N) is 5. The van der Waals surface area contributed by atoms with Gasteiger partial charge in [-0.1, -0.05) is 6.08 Å². The second kappa shape index (κ2) is 30.0. The fraction of sp³-hybridized carbons (Fsp3) is 0.613. The van der Waals surface area contributed by atoms with Gasteiger partial charge in [-0.3, -0.25) is 39.3 Å². The molecule has 3 amide bonds. The topological polar surface area (TPSA) is 339 Å². The van der Waals surface area contributed by atoms with Crippen molar-refractivity contribution in [1.82, 2.24) is 25.0 Å². The Bertz CT molecular complexity index is 2140. The van der Waals surface area contributed by atoms with Gasteiger partial charge in [0, 0.05) is 67.3 Å². The van der Waals surface area contributed by atoms with E-state index in [2.05, 4.69) is 39.3 Å². The molecule has 0 radical (unpaired) electrons. The van der Waals surface area contributed by atoms with Crippen LogP contribution in [0.5, 0.6) is 0 Å². The van der Waals surface area contributed by atoms with Crippen molar-refractivity contribution < 1.29 is 280 Å². The Hall–Kier alpha value is 2.87. The Kier molecular flexibility index (Phi) is 30.4. The molecule has 63 heavy (non-hydrogen) atoms. The van der Waals surface area contributed by atoms with E-state index in [-0.39, 0.29) is 292 Å². The molecule has 1 aromatic heterocycles. The summed E-state index contributed by atoms with van der Waals surface area (Å²) in [5, 5.41) is 33.5. The van der Waals surface area contributed by atoms with Crippen LogP contribution in [0.25, 0.3) is 6.08 Å². The number of ether oxygens (including phenoxy) is 1. The van der Waals surface area contributed by atoms with E-state index in [0.717, 1.165) is 16.1 Å². The number of aromatic nitrogens is 2. The number of nitrogens with one attached hydrogen (secondary N) is 2. The van der Waals surface area contributed by atoms with Crippen LogP contribution in [0, 0.1) is 5.92 Å². The summed E-state index contributed by atoms with van der Waals surface area (Å²) >= 11 is 1.19. The molecule has 328 valence electrons. The molecule has 2 aliphatic heterocycles. The second-order valence-electron chi connectivity index (χ2n) is 13.7. The number of carbonyl (C=O) groups is 3. The summed E-state index contributed by atoms with van der Waals surface area (Å²) in [6.07, 6.45) is 4.92. The van der Waals surface area contributed by atoms with Crippen LogP contribution in [-0.2, 0) is 53.3 Å². The van der Waals surface area contributed by atoms with Crippen molar-refractivity contribution in [2.24, 2.45) is 16.0 Å². The van der Waals surface area contributed by atoms with Crippen LogP contribution in [0.1, 0.15) is 79.9 Å². The largest absolute Gasteiger partial charge is 1.00 e. The van der Waals surface area contributed by atoms with Gasteiger partial charge in [0.25, 0.3) is 17.4 Å². The van der Waals surface area contributed by atoms with Gasteiger partial charge in [0.15, 0.2) is 6.40 Å². The quantitative estimate of drug-likeness (QED) is 0.0214. The van der Waals surface area contributed by atoms with Gasteiger partial charge in [-0.2, -0.15) is 8.67 Å². The Morgan fingerprint density at radius 1 is 0.937 bits per heavy atom. The van der Waals surface area contributed by atoms with Gasteiger partial charge < -0.3 is 34.6 Å². The molecule has 1 aromatic rings. The number of aromatic amines is 1. The fourth-order valence-electron chi connectivity index (χ4n) is 7.58. The summed E-state index contributed by atoms with van der Waals surface area (Å²) < 4.78 is 89.2. The Morgan fingerprint density at radius 3 is 2.02 bits per heavy atom. The van der Waals surface area contributed by atoms with Crippen LogP contribution in [0.2, 0.25) is 0 Å². The van der Waals surface area contributed by atoms with Crippen molar-refractivity contribution in [2.75, 3.05) is 20.6 Å². The van der Waals surface area contributed by atoms with E-state index in [4.69, 9.17) is 4.74 Å². The maximum atomic E-state index is 14.0. The predicted molar refractivity (Wildman–Crippen MR) is 199 cm³/mol. The summed E-state index contributed by atoms with van der Waals surface area (Å²) in [5.41, 5.74) is -1.35. The third kappa shape index (κ3) is 17.0. The van der Waals surface area contributed by atoms with Crippen molar-refractivity contribution >= 4 is 80.4 Å². The average Bonchev–Trinajstić information content (AvgIpc) is 3.87. The molecule has 1 saturated heterocycles. The van der Waals surface area contributed by atoms with Crippen molar-refractivity contribution in [3.05, 3.63) is 39.5 Å². The normalized spacial score (nSPS) is 25.6. The number of hydrazone groups is 1. The molecule has 0 spiro atoms. The zero-order valence-electron chi connectivity index (χ0n) is 35.2. The maximum absolute atomic E-state index is 14.0. The van der Waals surface area contributed by atoms with E-state index in [1.165, 1.54) is 37.2 Å². The van der Waals surface area contributed by atoms with Crippen LogP contribution in [0.4, 0.5) is 0 Å². The molecule has 24 nitrogen and oxygen atoms in total. The van der Waals surface area contributed by atoms with E-state index >= 15 is 0 Å². The Morgan fingerprint density at radius 2 is 1.51 bits per heavy atom. The van der Waals surface area contributed by atoms with Crippen LogP contribution < -0.4 is 227 Å². The van der Waals surface area contributed by atoms with Gasteiger partial charge in [0.1, 0.15) is 11.6 Å². The molecule has 0 bridgehead atoms. The standard InChI is InChI=1S/C31H43N7O17S4.4K/c1-32-16-51-29-21(31(42)38(35-29)23-15-19(57-55-53-44)8-12-25(23)59(48,49)50)10-6-17(36-13-3-4-26(36)39)5-9-20-27(28(40)33-2)34-37(30(20)41)22-14-18(56-54-52-43)7-11-24(22)58(45,46)47;;;;/h5-6,9,16,18-19,21-25,34,43-44H,3-4,7-8,10-15H2,1-2H3,(H,33,40)(H,45,46,47)(H,48,49,50);;;;/q;4*+1/p-4. The number of hydrogen-bond acceptors (Lipinski definition) is 21. The smallest absolute Gasteiger partial charge is 0.748 e. The first-order valence-corrected chi connectivity index (χ1v) is 22.5. The number of likely N-dealkylation sites (tertiary alicyclic amines) is 1. The molecule has 4 aliphatic rings. The molecule has 7 unspecified atom stereocenters. The Labute approximate surface area is 541 Å². The van der Waals surface area contributed by atoms with E-state index < -0.39 is 76.6 Å². The van der Waals surface area contributed by atoms with Crippen LogP contribution in [-0.4, -0.2) is 123 Å². The minimum Gasteiger partial charge on any atom is -0.748 e. The van der Waals surface area contributed by atoms with Crippen molar-refractivity contribution in [3.63, 3.8) is 0 Å². The SMILES string of the molecule is CN=COC1=NN(C2CC(SOO[O-])CCC2S(=O)(=O)[O-])C(=O)C1CC=C(C=Cc1c(C(=O)NC)[nH]n(C2CC(SOO[O-])CCC2S(=O)(=O)[O-])c1=O)N1CCCC1=O.[K+].[K+].[K+].[K+]. The van der Waals surface area contributed by atoms with Crippen LogP contribution in [0.15, 0.2) is 32.7 Å². The Balaban J connectivity index is 0.00000496. The van der Waals surface area contributed by atoms with Crippen molar-refractivity contribution in [3.8, 4) is 0 Å². The van der Waals surface area contributed by atoms with E-state index in [1.807, 2.05) is 0 Å². The number of rotatable bonds is 17. The van der Waals surface area contributed by atoms with Crippen molar-refractivity contribution in [1.29, 1.82) is 0 Å². The van der Waals surface area contributed by atoms with E-state index in [9.17, 15) is 55.6 Å². The molecule has 2 saturated carbocycles. The zero-order valence-corrected chi connectivity index (χ0v) is 51.0. The molecule has 2 N–H and O–H groups in total. The summed E-state index contributed by atoms with van der Waals surface area (Å²) in [6.45, 7) is 0.220. The molecule has 0 aromatic carbocycles. The molecule has 7 atom stereocenters. The van der Waals surface area contributed by atoms with Crippen LogP contribution >= 0.6 is 24.1 Å². The molecule has 3 heterocycles. The first kappa shape index (κ1) is 63.9. The molecular formula is C31H39K4N7O17S4. The van der Waals surface area contributed by atoms with Crippen LogP contribution in [0.3, 0.4) is 0 Å². The minimum absolute atomic E-state index is 0. The summed E-state index contributed by atoms with van der Waals surface area (Å²) in [4.78, 5) is 59.3. The van der Waals surface area contributed by atoms with Gasteiger partial charge >= 0.3 is 206 Å². The first-order chi connectivity index (χ1) is 28.0. The van der Waals surface area contributed by atoms with Gasteiger partial charge in [-0.25, -0.2) is 26.5 Å². The third-order valence-electron chi connectivity index (χ3n) is 10.3. The van der Waals surface area contributed by atoms with E-state index in [1.54, 1.807) is 0 Å². The summed E-state index contributed by atoms with van der Waals surface area (Å²) in [7, 11) is -7.30. The molecule has 3 fully saturated rings. The maximum Gasteiger partial charge on any atom is 1.00 e. The van der Waals surface area contributed by atoms with Gasteiger partial charge in [-0.15, -0.1) is 5.10 Å². The third-order valence-corrected chi connectivity index (χ3v) is 14.5. The number of H-pyrrole nitrogens is 1. The van der Waals surface area contributed by atoms with Gasteiger partial charge in [0.2, 0.25) is 11.8 Å². The zero-order chi connectivity index (χ0) is 43.1. The number of amides is 3. The van der Waals surface area contributed by atoms with Gasteiger partial charge in [-0.05, 0) is 63.5 Å². The first-order valence-electron chi connectivity index (χ1n) is 17.9. The summed E-state index contributed by atoms with van der Waals surface area (Å²) in [5.74, 6) is -3.35. The molecule has 32 heteroatoms. The van der Waals surface area contributed by atoms with E-state index in [0.29, 0.717) is 30.5 Å². The minimum atomic E-state index is -4.99. The number of aliphatic imine (C=N–C) groups is 1. The fourth-order valence-corrected chi connectivity index (χ4v) is 11.0. The predicted octanol–water partition coefficient (Wildman–Crippen LogP) is -13.5. The molecular weight excluding hydrogens is 1030 g/mol. The average molecular weight is 1070 g/mol.